The predicted molar refractivity (Wildman–Crippen MR) is 87.6 cm³/mol. The van der Waals surface area contributed by atoms with Crippen molar-refractivity contribution in [3.8, 4) is 0 Å². The molecule has 0 N–H and O–H groups in total. The lowest BCUT2D eigenvalue weighted by Gasteiger charge is -2.37. The van der Waals surface area contributed by atoms with Crippen molar-refractivity contribution in [2.45, 2.75) is 39.0 Å². The van der Waals surface area contributed by atoms with Gasteiger partial charge in [-0.15, -0.1) is 0 Å². The number of carbonyl (C=O) groups is 1. The van der Waals surface area contributed by atoms with E-state index in [-0.39, 0.29) is 11.2 Å². The summed E-state index contributed by atoms with van der Waals surface area (Å²) in [5.41, 5.74) is 3.35. The summed E-state index contributed by atoms with van der Waals surface area (Å²) < 4.78 is 13.4. The second-order valence-electron chi connectivity index (χ2n) is 8.16. The summed E-state index contributed by atoms with van der Waals surface area (Å²) in [5, 5.41) is 0. The third kappa shape index (κ3) is 1.82. The number of benzene rings is 1. The van der Waals surface area contributed by atoms with Crippen molar-refractivity contribution in [3.05, 3.63) is 41.2 Å². The predicted octanol–water partition coefficient (Wildman–Crippen LogP) is 4.10. The standard InChI is InChI=1S/C20H22FNO/c1-12-6-14-7-15-10-20(9-12,11-17(14)15)19(23)22-5-4-13-8-16(21)2-3-18(13)22/h2-3,6,8,12,15,17H,4-5,7,9-11H2,1H3. The van der Waals surface area contributed by atoms with Gasteiger partial charge in [0.25, 0.3) is 0 Å². The summed E-state index contributed by atoms with van der Waals surface area (Å²) in [7, 11) is 0. The summed E-state index contributed by atoms with van der Waals surface area (Å²) in [4.78, 5) is 15.5. The maximum atomic E-state index is 13.5. The minimum Gasteiger partial charge on any atom is -0.311 e. The number of carbonyl (C=O) groups excluding carboxylic acids is 1. The second-order valence-corrected chi connectivity index (χ2v) is 8.16. The van der Waals surface area contributed by atoms with E-state index >= 15 is 0 Å². The van der Waals surface area contributed by atoms with Crippen LogP contribution in [0.25, 0.3) is 0 Å². The van der Waals surface area contributed by atoms with Crippen LogP contribution in [0.2, 0.25) is 0 Å². The van der Waals surface area contributed by atoms with E-state index in [0.29, 0.717) is 24.3 Å². The lowest BCUT2D eigenvalue weighted by atomic mass is 9.69. The fourth-order valence-corrected chi connectivity index (χ4v) is 5.79. The Morgan fingerprint density at radius 1 is 1.30 bits per heavy atom. The SMILES string of the molecule is CC1C=C2CC3CC(C(=O)N4CCc5cc(F)ccc54)(C1)CC23. The quantitative estimate of drug-likeness (QED) is 0.715. The number of rotatable bonds is 1. The summed E-state index contributed by atoms with van der Waals surface area (Å²) in [5.74, 6) is 1.99. The fourth-order valence-electron chi connectivity index (χ4n) is 5.79. The van der Waals surface area contributed by atoms with Gasteiger partial charge in [0.1, 0.15) is 5.82 Å². The molecule has 120 valence electrons. The van der Waals surface area contributed by atoms with Crippen LogP contribution in [0.1, 0.15) is 38.2 Å². The van der Waals surface area contributed by atoms with Crippen LogP contribution < -0.4 is 4.90 Å². The highest BCUT2D eigenvalue weighted by molar-refractivity contribution is 5.99. The zero-order valence-electron chi connectivity index (χ0n) is 13.5. The van der Waals surface area contributed by atoms with Gasteiger partial charge in [-0.2, -0.15) is 0 Å². The van der Waals surface area contributed by atoms with E-state index in [0.717, 1.165) is 42.9 Å². The monoisotopic (exact) mass is 311 g/mol. The molecular formula is C20H22FNO. The molecule has 3 aliphatic carbocycles. The number of amides is 1. The van der Waals surface area contributed by atoms with E-state index in [9.17, 15) is 9.18 Å². The summed E-state index contributed by atoms with van der Waals surface area (Å²) >= 11 is 0. The van der Waals surface area contributed by atoms with Crippen molar-refractivity contribution in [2.75, 3.05) is 11.4 Å². The molecule has 1 amide bonds. The van der Waals surface area contributed by atoms with Crippen molar-refractivity contribution in [3.63, 3.8) is 0 Å². The molecule has 0 aromatic heterocycles. The first-order valence-electron chi connectivity index (χ1n) is 8.87. The number of fused-ring (bicyclic) bond motifs is 2. The molecule has 23 heavy (non-hydrogen) atoms. The molecule has 2 saturated carbocycles. The maximum absolute atomic E-state index is 13.5. The molecule has 2 nitrogen and oxygen atoms in total. The first-order chi connectivity index (χ1) is 11.1. The Morgan fingerprint density at radius 2 is 2.17 bits per heavy atom. The topological polar surface area (TPSA) is 20.3 Å². The van der Waals surface area contributed by atoms with Crippen LogP contribution in [0.15, 0.2) is 29.8 Å². The van der Waals surface area contributed by atoms with E-state index in [1.54, 1.807) is 17.7 Å². The van der Waals surface area contributed by atoms with Crippen LogP contribution in [0, 0.1) is 29.0 Å². The van der Waals surface area contributed by atoms with Crippen molar-refractivity contribution < 1.29 is 9.18 Å². The van der Waals surface area contributed by atoms with E-state index in [2.05, 4.69) is 13.0 Å². The molecule has 0 spiro atoms. The minimum absolute atomic E-state index is 0.181. The van der Waals surface area contributed by atoms with Crippen LogP contribution in [-0.2, 0) is 11.2 Å². The van der Waals surface area contributed by atoms with Crippen molar-refractivity contribution in [1.29, 1.82) is 0 Å². The zero-order chi connectivity index (χ0) is 15.8. The van der Waals surface area contributed by atoms with Crippen molar-refractivity contribution in [2.24, 2.45) is 23.2 Å². The molecule has 0 saturated heterocycles. The Bertz CT molecular complexity index is 739. The van der Waals surface area contributed by atoms with Crippen molar-refractivity contribution >= 4 is 11.6 Å². The molecule has 1 aliphatic heterocycles. The van der Waals surface area contributed by atoms with Gasteiger partial charge in [0.05, 0.1) is 5.41 Å². The Morgan fingerprint density at radius 3 is 3.04 bits per heavy atom. The highest BCUT2D eigenvalue weighted by Gasteiger charge is 2.58. The lowest BCUT2D eigenvalue weighted by Crippen LogP contribution is -2.43. The average molecular weight is 311 g/mol. The Kier molecular flexibility index (Phi) is 2.67. The smallest absolute Gasteiger partial charge is 0.233 e. The first-order valence-corrected chi connectivity index (χ1v) is 8.87. The third-order valence-electron chi connectivity index (χ3n) is 6.65. The van der Waals surface area contributed by atoms with Crippen LogP contribution in [-0.4, -0.2) is 12.5 Å². The molecule has 5 rings (SSSR count). The largest absolute Gasteiger partial charge is 0.311 e. The van der Waals surface area contributed by atoms with E-state index < -0.39 is 0 Å². The van der Waals surface area contributed by atoms with Gasteiger partial charge in [0.15, 0.2) is 0 Å². The Labute approximate surface area is 136 Å². The Balaban J connectivity index is 1.50. The van der Waals surface area contributed by atoms with Crippen molar-refractivity contribution in [1.82, 2.24) is 0 Å². The number of hydrogen-bond donors (Lipinski definition) is 0. The highest BCUT2D eigenvalue weighted by atomic mass is 19.1. The maximum Gasteiger partial charge on any atom is 0.233 e. The van der Waals surface area contributed by atoms with Gasteiger partial charge in [-0.25, -0.2) is 4.39 Å². The molecule has 4 aliphatic rings. The molecule has 0 radical (unpaired) electrons. The summed E-state index contributed by atoms with van der Waals surface area (Å²) in [6.07, 6.45) is 7.51. The molecule has 4 atom stereocenters. The number of hydrogen-bond acceptors (Lipinski definition) is 1. The molecule has 1 aromatic rings. The van der Waals surface area contributed by atoms with Crippen LogP contribution >= 0.6 is 0 Å². The molecular weight excluding hydrogens is 289 g/mol. The van der Waals surface area contributed by atoms with Gasteiger partial charge in [0.2, 0.25) is 5.91 Å². The molecule has 1 heterocycles. The van der Waals surface area contributed by atoms with E-state index in [4.69, 9.17) is 0 Å². The summed E-state index contributed by atoms with van der Waals surface area (Å²) in [6, 6.07) is 4.86. The summed E-state index contributed by atoms with van der Waals surface area (Å²) in [6.45, 7) is 2.97. The normalized spacial score (nSPS) is 37.0. The number of anilines is 1. The average Bonchev–Trinajstić information content (AvgIpc) is 2.99. The van der Waals surface area contributed by atoms with Gasteiger partial charge in [0, 0.05) is 12.2 Å². The molecule has 4 unspecified atom stereocenters. The molecule has 3 heteroatoms. The van der Waals surface area contributed by atoms with E-state index in [1.165, 1.54) is 12.5 Å². The molecule has 2 bridgehead atoms. The van der Waals surface area contributed by atoms with Gasteiger partial charge in [-0.1, -0.05) is 18.6 Å². The lowest BCUT2D eigenvalue weighted by molar-refractivity contribution is -0.128. The van der Waals surface area contributed by atoms with Crippen LogP contribution in [0.4, 0.5) is 10.1 Å². The van der Waals surface area contributed by atoms with Gasteiger partial charge >= 0.3 is 0 Å². The molecule has 1 aromatic carbocycles. The fraction of sp³-hybridized carbons (Fsp3) is 0.550. The van der Waals surface area contributed by atoms with Gasteiger partial charge in [-0.3, -0.25) is 4.79 Å². The number of allylic oxidation sites excluding steroid dienone is 2. The highest BCUT2D eigenvalue weighted by Crippen LogP contribution is 2.63. The van der Waals surface area contributed by atoms with Gasteiger partial charge in [-0.05, 0) is 73.6 Å². The second kappa shape index (κ2) is 4.46. The number of halogens is 1. The minimum atomic E-state index is -0.202. The molecule has 2 fully saturated rings. The number of nitrogens with zero attached hydrogens (tertiary/aromatic N) is 1. The Hall–Kier alpha value is -1.64. The third-order valence-corrected chi connectivity index (χ3v) is 6.65. The van der Waals surface area contributed by atoms with E-state index in [1.807, 2.05) is 4.90 Å². The van der Waals surface area contributed by atoms with Crippen LogP contribution in [0.3, 0.4) is 0 Å². The zero-order valence-corrected chi connectivity index (χ0v) is 13.5. The van der Waals surface area contributed by atoms with Crippen LogP contribution in [0.5, 0.6) is 0 Å². The van der Waals surface area contributed by atoms with Gasteiger partial charge < -0.3 is 4.90 Å². The first kappa shape index (κ1) is 13.8.